The molecular weight excluding hydrogens is 208 g/mol. The van der Waals surface area contributed by atoms with E-state index in [4.69, 9.17) is 5.73 Å². The molecule has 0 amide bonds. The average molecular weight is 227 g/mol. The largest absolute Gasteiger partial charge is 0.399 e. The third kappa shape index (κ3) is 3.73. The van der Waals surface area contributed by atoms with Crippen LogP contribution in [0.1, 0.15) is 18.4 Å². The summed E-state index contributed by atoms with van der Waals surface area (Å²) in [6.07, 6.45) is 3.83. The topological polar surface area (TPSA) is 38.0 Å². The molecule has 3 N–H and O–H groups in total. The number of hydrogen-bond acceptors (Lipinski definition) is 2. The van der Waals surface area contributed by atoms with E-state index in [0.29, 0.717) is 0 Å². The lowest BCUT2D eigenvalue weighted by atomic mass is 9.92. The van der Waals surface area contributed by atoms with Crippen molar-refractivity contribution >= 4 is 18.1 Å². The van der Waals surface area contributed by atoms with Gasteiger partial charge >= 0.3 is 0 Å². The van der Waals surface area contributed by atoms with Crippen LogP contribution >= 0.6 is 12.4 Å². The van der Waals surface area contributed by atoms with Crippen LogP contribution in [0.15, 0.2) is 24.3 Å². The van der Waals surface area contributed by atoms with E-state index in [-0.39, 0.29) is 12.4 Å². The van der Waals surface area contributed by atoms with Crippen molar-refractivity contribution in [2.24, 2.45) is 5.92 Å². The maximum absolute atomic E-state index is 5.75. The Kier molecular flexibility index (Phi) is 4.92. The molecule has 2 nitrogen and oxygen atoms in total. The number of halogens is 1. The number of nitrogens with one attached hydrogen (secondary N) is 1. The summed E-state index contributed by atoms with van der Waals surface area (Å²) in [7, 11) is 0. The Morgan fingerprint density at radius 1 is 1.40 bits per heavy atom. The number of nitrogens with two attached hydrogens (primary N) is 1. The maximum Gasteiger partial charge on any atom is 0.0316 e. The fourth-order valence-corrected chi connectivity index (χ4v) is 2.15. The van der Waals surface area contributed by atoms with E-state index in [1.54, 1.807) is 0 Å². The van der Waals surface area contributed by atoms with Crippen molar-refractivity contribution in [3.63, 3.8) is 0 Å². The quantitative estimate of drug-likeness (QED) is 0.760. The van der Waals surface area contributed by atoms with Gasteiger partial charge in [-0.25, -0.2) is 0 Å². The second-order valence-corrected chi connectivity index (χ2v) is 4.16. The molecule has 1 aliphatic heterocycles. The fourth-order valence-electron chi connectivity index (χ4n) is 2.15. The van der Waals surface area contributed by atoms with E-state index >= 15 is 0 Å². The van der Waals surface area contributed by atoms with Gasteiger partial charge in [0.15, 0.2) is 0 Å². The minimum Gasteiger partial charge on any atom is -0.399 e. The molecule has 2 rings (SSSR count). The molecule has 0 radical (unpaired) electrons. The van der Waals surface area contributed by atoms with Crippen LogP contribution in [0.5, 0.6) is 0 Å². The molecule has 15 heavy (non-hydrogen) atoms. The summed E-state index contributed by atoms with van der Waals surface area (Å²) in [6, 6.07) is 8.25. The Morgan fingerprint density at radius 2 is 2.27 bits per heavy atom. The highest BCUT2D eigenvalue weighted by Gasteiger charge is 2.13. The third-order valence-electron chi connectivity index (χ3n) is 2.87. The van der Waals surface area contributed by atoms with Gasteiger partial charge in [0.05, 0.1) is 0 Å². The molecular formula is C12H19ClN2. The standard InChI is InChI=1S/C12H18N2.ClH/c13-12-5-1-3-10(8-12)7-11-4-2-6-14-9-11;/h1,3,5,8,11,14H,2,4,6-7,9,13H2;1H. The van der Waals surface area contributed by atoms with E-state index in [1.165, 1.54) is 24.9 Å². The van der Waals surface area contributed by atoms with Gasteiger partial charge in [0, 0.05) is 5.69 Å². The van der Waals surface area contributed by atoms with Gasteiger partial charge in [-0.05, 0) is 56.0 Å². The molecule has 0 spiro atoms. The lowest BCUT2D eigenvalue weighted by Crippen LogP contribution is -2.30. The average Bonchev–Trinajstić information content (AvgIpc) is 2.19. The number of nitrogen functional groups attached to an aromatic ring is 1. The van der Waals surface area contributed by atoms with Gasteiger partial charge in [0.2, 0.25) is 0 Å². The van der Waals surface area contributed by atoms with Crippen molar-refractivity contribution in [1.82, 2.24) is 5.32 Å². The third-order valence-corrected chi connectivity index (χ3v) is 2.87. The van der Waals surface area contributed by atoms with Crippen LogP contribution in [0.4, 0.5) is 5.69 Å². The van der Waals surface area contributed by atoms with Crippen molar-refractivity contribution in [2.75, 3.05) is 18.8 Å². The first kappa shape index (κ1) is 12.3. The van der Waals surface area contributed by atoms with E-state index in [9.17, 15) is 0 Å². The van der Waals surface area contributed by atoms with E-state index in [0.717, 1.165) is 24.6 Å². The zero-order valence-electron chi connectivity index (χ0n) is 8.91. The molecule has 0 aromatic heterocycles. The van der Waals surface area contributed by atoms with E-state index < -0.39 is 0 Å². The molecule has 1 unspecified atom stereocenters. The Bertz CT molecular complexity index is 295. The number of anilines is 1. The van der Waals surface area contributed by atoms with Crippen molar-refractivity contribution in [2.45, 2.75) is 19.3 Å². The normalized spacial score (nSPS) is 20.7. The molecule has 0 bridgehead atoms. The van der Waals surface area contributed by atoms with Crippen molar-refractivity contribution < 1.29 is 0 Å². The number of benzene rings is 1. The van der Waals surface area contributed by atoms with Crippen molar-refractivity contribution in [1.29, 1.82) is 0 Å². The highest BCUT2D eigenvalue weighted by molar-refractivity contribution is 5.85. The Balaban J connectivity index is 0.00000112. The molecule has 1 saturated heterocycles. The zero-order chi connectivity index (χ0) is 9.80. The molecule has 0 aliphatic carbocycles. The van der Waals surface area contributed by atoms with Crippen LogP contribution in [-0.2, 0) is 6.42 Å². The molecule has 1 heterocycles. The van der Waals surface area contributed by atoms with Crippen LogP contribution in [0.2, 0.25) is 0 Å². The smallest absolute Gasteiger partial charge is 0.0316 e. The zero-order valence-corrected chi connectivity index (χ0v) is 9.72. The van der Waals surface area contributed by atoms with Gasteiger partial charge in [0.25, 0.3) is 0 Å². The first-order chi connectivity index (χ1) is 6.84. The van der Waals surface area contributed by atoms with Crippen LogP contribution in [0.25, 0.3) is 0 Å². The van der Waals surface area contributed by atoms with Crippen molar-refractivity contribution in [3.8, 4) is 0 Å². The van der Waals surface area contributed by atoms with Gasteiger partial charge in [-0.1, -0.05) is 12.1 Å². The van der Waals surface area contributed by atoms with Crippen LogP contribution in [0, 0.1) is 5.92 Å². The number of hydrogen-bond donors (Lipinski definition) is 2. The van der Waals surface area contributed by atoms with Gasteiger partial charge < -0.3 is 11.1 Å². The maximum atomic E-state index is 5.75. The molecule has 84 valence electrons. The summed E-state index contributed by atoms with van der Waals surface area (Å²) in [5.74, 6) is 0.797. The summed E-state index contributed by atoms with van der Waals surface area (Å²) < 4.78 is 0. The van der Waals surface area contributed by atoms with Crippen molar-refractivity contribution in [3.05, 3.63) is 29.8 Å². The van der Waals surface area contributed by atoms with Crippen LogP contribution in [0.3, 0.4) is 0 Å². The molecule has 1 atom stereocenters. The van der Waals surface area contributed by atoms with Gasteiger partial charge in [-0.15, -0.1) is 12.4 Å². The molecule has 1 fully saturated rings. The molecule has 1 aromatic rings. The lowest BCUT2D eigenvalue weighted by molar-refractivity contribution is 0.376. The van der Waals surface area contributed by atoms with Gasteiger partial charge in [-0.2, -0.15) is 0 Å². The summed E-state index contributed by atoms with van der Waals surface area (Å²) in [4.78, 5) is 0. The molecule has 1 aromatic carbocycles. The van der Waals surface area contributed by atoms with Gasteiger partial charge in [0.1, 0.15) is 0 Å². The van der Waals surface area contributed by atoms with Crippen LogP contribution < -0.4 is 11.1 Å². The fraction of sp³-hybridized carbons (Fsp3) is 0.500. The van der Waals surface area contributed by atoms with Crippen LogP contribution in [-0.4, -0.2) is 13.1 Å². The van der Waals surface area contributed by atoms with E-state index in [2.05, 4.69) is 17.4 Å². The second-order valence-electron chi connectivity index (χ2n) is 4.16. The SMILES string of the molecule is Cl.Nc1cccc(CC2CCCNC2)c1. The summed E-state index contributed by atoms with van der Waals surface area (Å²) in [5.41, 5.74) is 8.00. The minimum atomic E-state index is 0. The lowest BCUT2D eigenvalue weighted by Gasteiger charge is -2.22. The predicted octanol–water partition coefficient (Wildman–Crippen LogP) is 2.23. The first-order valence-electron chi connectivity index (χ1n) is 5.40. The summed E-state index contributed by atoms with van der Waals surface area (Å²) >= 11 is 0. The van der Waals surface area contributed by atoms with Gasteiger partial charge in [-0.3, -0.25) is 0 Å². The highest BCUT2D eigenvalue weighted by Crippen LogP contribution is 2.17. The highest BCUT2D eigenvalue weighted by atomic mass is 35.5. The molecule has 1 aliphatic rings. The molecule has 0 saturated carbocycles. The monoisotopic (exact) mass is 226 g/mol. The minimum absolute atomic E-state index is 0. The number of piperidine rings is 1. The van der Waals surface area contributed by atoms with E-state index in [1.807, 2.05) is 12.1 Å². The predicted molar refractivity (Wildman–Crippen MR) is 67.4 cm³/mol. The summed E-state index contributed by atoms with van der Waals surface area (Å²) in [5, 5.41) is 3.44. The Labute approximate surface area is 97.7 Å². The molecule has 3 heteroatoms. The Morgan fingerprint density at radius 3 is 2.93 bits per heavy atom. The second kappa shape index (κ2) is 5.99. The first-order valence-corrected chi connectivity index (χ1v) is 5.40. The number of rotatable bonds is 2. The Hall–Kier alpha value is -0.730. The summed E-state index contributed by atoms with van der Waals surface area (Å²) in [6.45, 7) is 2.35.